The van der Waals surface area contributed by atoms with Gasteiger partial charge in [-0.05, 0) is 17.7 Å². The summed E-state index contributed by atoms with van der Waals surface area (Å²) in [7, 11) is 4.29. The van der Waals surface area contributed by atoms with Gasteiger partial charge in [-0.3, -0.25) is 4.90 Å². The molecule has 0 aliphatic carbocycles. The molecular formula is C21H19ClFN3O4. The van der Waals surface area contributed by atoms with Gasteiger partial charge in [-0.15, -0.1) is 0 Å². The molecule has 2 heterocycles. The van der Waals surface area contributed by atoms with Gasteiger partial charge in [0.25, 0.3) is 0 Å². The van der Waals surface area contributed by atoms with Crippen molar-refractivity contribution >= 4 is 35.3 Å². The van der Waals surface area contributed by atoms with Crippen LogP contribution in [0.5, 0.6) is 5.75 Å². The molecule has 7 nitrogen and oxygen atoms in total. The van der Waals surface area contributed by atoms with Gasteiger partial charge in [0.05, 0.1) is 31.1 Å². The first-order chi connectivity index (χ1) is 14.4. The molecule has 2 aromatic heterocycles. The quantitative estimate of drug-likeness (QED) is 0.503. The van der Waals surface area contributed by atoms with E-state index in [1.807, 2.05) is 0 Å². The Labute approximate surface area is 177 Å². The van der Waals surface area contributed by atoms with E-state index in [4.69, 9.17) is 25.5 Å². The van der Waals surface area contributed by atoms with Gasteiger partial charge >= 0.3 is 5.97 Å². The van der Waals surface area contributed by atoms with Crippen molar-refractivity contribution < 1.29 is 23.1 Å². The molecule has 0 aliphatic rings. The standard InChI is InChI=1S/C21H19ClFN3O4/c1-5-13-18(21(27)29-4)24-15(25-20(13)26(2)16-7-6-10-30-16)11-12-8-9-14(22)19(28-3)17(12)23/h5-10H,1,11H2,2-4H3. The number of carbonyl (C=O) groups excluding carboxylic acids is 1. The topological polar surface area (TPSA) is 77.7 Å². The van der Waals surface area contributed by atoms with Crippen molar-refractivity contribution in [2.75, 3.05) is 26.2 Å². The minimum Gasteiger partial charge on any atom is -0.492 e. The van der Waals surface area contributed by atoms with Crippen molar-refractivity contribution in [3.05, 3.63) is 70.6 Å². The highest BCUT2D eigenvalue weighted by atomic mass is 35.5. The number of carbonyl (C=O) groups is 1. The van der Waals surface area contributed by atoms with Crippen molar-refractivity contribution in [2.45, 2.75) is 6.42 Å². The Balaban J connectivity index is 2.15. The summed E-state index contributed by atoms with van der Waals surface area (Å²) in [5.41, 5.74) is 0.621. The van der Waals surface area contributed by atoms with E-state index in [1.54, 1.807) is 24.1 Å². The van der Waals surface area contributed by atoms with Gasteiger partial charge in [0.2, 0.25) is 5.88 Å². The molecule has 0 N–H and O–H groups in total. The predicted molar refractivity (Wildman–Crippen MR) is 111 cm³/mol. The number of hydrogen-bond donors (Lipinski definition) is 0. The maximum Gasteiger partial charge on any atom is 0.357 e. The molecular weight excluding hydrogens is 413 g/mol. The fraction of sp³-hybridized carbons (Fsp3) is 0.190. The molecule has 0 bridgehead atoms. The van der Waals surface area contributed by atoms with Crippen molar-refractivity contribution in [1.82, 2.24) is 9.97 Å². The Morgan fingerprint density at radius 3 is 2.70 bits per heavy atom. The van der Waals surface area contributed by atoms with Crippen LogP contribution in [0.2, 0.25) is 5.02 Å². The van der Waals surface area contributed by atoms with Crippen LogP contribution in [-0.2, 0) is 11.2 Å². The highest BCUT2D eigenvalue weighted by Crippen LogP contribution is 2.32. The number of furan rings is 1. The fourth-order valence-electron chi connectivity index (χ4n) is 2.91. The molecule has 9 heteroatoms. The van der Waals surface area contributed by atoms with Crippen LogP contribution < -0.4 is 9.64 Å². The van der Waals surface area contributed by atoms with E-state index < -0.39 is 11.8 Å². The summed E-state index contributed by atoms with van der Waals surface area (Å²) in [6, 6.07) is 6.49. The van der Waals surface area contributed by atoms with Crippen molar-refractivity contribution in [2.24, 2.45) is 0 Å². The van der Waals surface area contributed by atoms with Crippen LogP contribution in [0.3, 0.4) is 0 Å². The monoisotopic (exact) mass is 431 g/mol. The van der Waals surface area contributed by atoms with Gasteiger partial charge in [-0.1, -0.05) is 30.3 Å². The number of hydrogen-bond acceptors (Lipinski definition) is 7. The smallest absolute Gasteiger partial charge is 0.357 e. The first-order valence-electron chi connectivity index (χ1n) is 8.81. The van der Waals surface area contributed by atoms with Crippen molar-refractivity contribution in [3.63, 3.8) is 0 Å². The zero-order valence-electron chi connectivity index (χ0n) is 16.6. The lowest BCUT2D eigenvalue weighted by atomic mass is 10.1. The zero-order valence-corrected chi connectivity index (χ0v) is 17.4. The number of methoxy groups -OCH3 is 2. The SMILES string of the molecule is C=Cc1c(C(=O)OC)nc(Cc2ccc(Cl)c(OC)c2F)nc1N(C)c1ccco1. The number of esters is 1. The van der Waals surface area contributed by atoms with E-state index in [1.165, 1.54) is 38.7 Å². The van der Waals surface area contributed by atoms with E-state index in [0.29, 0.717) is 17.3 Å². The van der Waals surface area contributed by atoms with Crippen LogP contribution in [0.15, 0.2) is 41.5 Å². The molecule has 0 aliphatic heterocycles. The molecule has 3 rings (SSSR count). The number of aromatic nitrogens is 2. The molecule has 0 radical (unpaired) electrons. The fourth-order valence-corrected chi connectivity index (χ4v) is 3.13. The molecule has 30 heavy (non-hydrogen) atoms. The van der Waals surface area contributed by atoms with Crippen LogP contribution >= 0.6 is 11.6 Å². The third-order valence-electron chi connectivity index (χ3n) is 4.39. The van der Waals surface area contributed by atoms with Crippen LogP contribution in [0, 0.1) is 5.82 Å². The maximum absolute atomic E-state index is 14.8. The Hall–Kier alpha value is -3.39. The average molecular weight is 432 g/mol. The summed E-state index contributed by atoms with van der Waals surface area (Å²) in [6.07, 6.45) is 2.95. The molecule has 3 aromatic rings. The van der Waals surface area contributed by atoms with Gasteiger partial charge in [-0.2, -0.15) is 0 Å². The largest absolute Gasteiger partial charge is 0.492 e. The second kappa shape index (κ2) is 8.96. The van der Waals surface area contributed by atoms with Crippen LogP contribution in [0.25, 0.3) is 6.08 Å². The Bertz CT molecular complexity index is 1090. The second-order valence-electron chi connectivity index (χ2n) is 6.16. The summed E-state index contributed by atoms with van der Waals surface area (Å²) < 4.78 is 30.1. The highest BCUT2D eigenvalue weighted by molar-refractivity contribution is 6.32. The molecule has 0 atom stereocenters. The summed E-state index contributed by atoms with van der Waals surface area (Å²) in [5.74, 6) is -0.334. The van der Waals surface area contributed by atoms with Crippen LogP contribution in [0.1, 0.15) is 27.4 Å². The molecule has 1 aromatic carbocycles. The molecule has 0 saturated heterocycles. The molecule has 0 fully saturated rings. The molecule has 0 amide bonds. The number of anilines is 2. The summed E-state index contributed by atoms with van der Waals surface area (Å²) in [6.45, 7) is 3.76. The predicted octanol–water partition coefficient (Wildman–Crippen LogP) is 4.66. The summed E-state index contributed by atoms with van der Waals surface area (Å²) in [4.78, 5) is 22.8. The number of benzene rings is 1. The third-order valence-corrected chi connectivity index (χ3v) is 4.69. The zero-order chi connectivity index (χ0) is 21.8. The van der Waals surface area contributed by atoms with Crippen LogP contribution in [-0.4, -0.2) is 37.2 Å². The lowest BCUT2D eigenvalue weighted by Crippen LogP contribution is -2.19. The van der Waals surface area contributed by atoms with E-state index in [2.05, 4.69) is 16.5 Å². The normalized spacial score (nSPS) is 10.6. The van der Waals surface area contributed by atoms with E-state index in [-0.39, 0.29) is 34.3 Å². The van der Waals surface area contributed by atoms with Gasteiger partial charge in [-0.25, -0.2) is 19.2 Å². The molecule has 0 saturated carbocycles. The molecule has 156 valence electrons. The first kappa shape index (κ1) is 21.3. The minimum absolute atomic E-state index is 0.00671. The van der Waals surface area contributed by atoms with Gasteiger partial charge < -0.3 is 13.9 Å². The lowest BCUT2D eigenvalue weighted by molar-refractivity contribution is 0.0593. The third kappa shape index (κ3) is 3.99. The Morgan fingerprint density at radius 2 is 2.10 bits per heavy atom. The van der Waals surface area contributed by atoms with Gasteiger partial charge in [0.1, 0.15) is 11.6 Å². The lowest BCUT2D eigenvalue weighted by Gasteiger charge is -2.20. The van der Waals surface area contributed by atoms with Crippen molar-refractivity contribution in [1.29, 1.82) is 0 Å². The van der Waals surface area contributed by atoms with Gasteiger partial charge in [0.15, 0.2) is 17.3 Å². The Morgan fingerprint density at radius 1 is 1.33 bits per heavy atom. The molecule has 0 unspecified atom stereocenters. The second-order valence-corrected chi connectivity index (χ2v) is 6.57. The molecule has 0 spiro atoms. The summed E-state index contributed by atoms with van der Waals surface area (Å²) in [5, 5.41) is 0.148. The minimum atomic E-state index is -0.670. The Kier molecular flexibility index (Phi) is 6.37. The number of ether oxygens (including phenoxy) is 2. The van der Waals surface area contributed by atoms with Crippen molar-refractivity contribution in [3.8, 4) is 5.75 Å². The number of rotatable bonds is 7. The number of halogens is 2. The van der Waals surface area contributed by atoms with Crippen LogP contribution in [0.4, 0.5) is 16.1 Å². The maximum atomic E-state index is 14.8. The average Bonchev–Trinajstić information content (AvgIpc) is 3.29. The van der Waals surface area contributed by atoms with E-state index >= 15 is 0 Å². The highest BCUT2D eigenvalue weighted by Gasteiger charge is 2.23. The number of nitrogens with zero attached hydrogens (tertiary/aromatic N) is 3. The first-order valence-corrected chi connectivity index (χ1v) is 9.18. The summed E-state index contributed by atoms with van der Waals surface area (Å²) >= 11 is 5.97. The van der Waals surface area contributed by atoms with E-state index in [9.17, 15) is 9.18 Å². The van der Waals surface area contributed by atoms with Gasteiger partial charge in [0, 0.05) is 19.5 Å². The van der Waals surface area contributed by atoms with E-state index in [0.717, 1.165) is 0 Å².